The molecule has 4 nitrogen and oxygen atoms in total. The molecule has 1 aromatic rings. The summed E-state index contributed by atoms with van der Waals surface area (Å²) in [5.41, 5.74) is 1.10. The summed E-state index contributed by atoms with van der Waals surface area (Å²) in [6.45, 7) is 0.918. The van der Waals surface area contributed by atoms with Crippen LogP contribution >= 0.6 is 11.6 Å². The Labute approximate surface area is 122 Å². The van der Waals surface area contributed by atoms with E-state index in [0.717, 1.165) is 12.0 Å². The van der Waals surface area contributed by atoms with E-state index in [-0.39, 0.29) is 17.7 Å². The normalized spacial score (nSPS) is 28.4. The van der Waals surface area contributed by atoms with Gasteiger partial charge in [0.15, 0.2) is 0 Å². The van der Waals surface area contributed by atoms with Crippen molar-refractivity contribution in [2.24, 2.45) is 11.8 Å². The van der Waals surface area contributed by atoms with E-state index in [2.05, 4.69) is 0 Å². The highest BCUT2D eigenvalue weighted by atomic mass is 35.5. The van der Waals surface area contributed by atoms with Gasteiger partial charge in [0.05, 0.1) is 5.92 Å². The van der Waals surface area contributed by atoms with Gasteiger partial charge in [-0.05, 0) is 36.5 Å². The highest BCUT2D eigenvalue weighted by molar-refractivity contribution is 6.30. The molecular weight excluding hydrogens is 278 g/mol. The van der Waals surface area contributed by atoms with Gasteiger partial charge in [0.1, 0.15) is 0 Å². The second-order valence-electron chi connectivity index (χ2n) is 5.61. The molecule has 0 radical (unpaired) electrons. The lowest BCUT2D eigenvalue weighted by Crippen LogP contribution is -2.31. The Kier molecular flexibility index (Phi) is 3.42. The molecule has 1 amide bonds. The minimum absolute atomic E-state index is 0.000937. The van der Waals surface area contributed by atoms with Gasteiger partial charge < -0.3 is 10.0 Å². The molecule has 0 unspecified atom stereocenters. The number of carbonyl (C=O) groups is 2. The number of aliphatic carboxylic acids is 1. The molecule has 3 atom stereocenters. The number of hydrogen-bond donors (Lipinski definition) is 1. The van der Waals surface area contributed by atoms with Crippen LogP contribution in [0.3, 0.4) is 0 Å². The summed E-state index contributed by atoms with van der Waals surface area (Å²) < 4.78 is 0. The Morgan fingerprint density at radius 2 is 2.15 bits per heavy atom. The number of likely N-dealkylation sites (tertiary alicyclic amines) is 1. The van der Waals surface area contributed by atoms with Gasteiger partial charge in [-0.1, -0.05) is 23.7 Å². The number of amides is 1. The van der Waals surface area contributed by atoms with Crippen LogP contribution in [-0.2, 0) is 9.59 Å². The van der Waals surface area contributed by atoms with Crippen LogP contribution in [0.25, 0.3) is 0 Å². The fraction of sp³-hybridized carbons (Fsp3) is 0.467. The average Bonchev–Trinajstić information content (AvgIpc) is 3.06. The predicted octanol–water partition coefficient (Wildman–Crippen LogP) is 2.38. The van der Waals surface area contributed by atoms with Gasteiger partial charge >= 0.3 is 5.97 Å². The maximum Gasteiger partial charge on any atom is 0.308 e. The lowest BCUT2D eigenvalue weighted by Gasteiger charge is -2.15. The highest BCUT2D eigenvalue weighted by Crippen LogP contribution is 2.49. The van der Waals surface area contributed by atoms with Crippen molar-refractivity contribution in [3.05, 3.63) is 34.9 Å². The van der Waals surface area contributed by atoms with Crippen molar-refractivity contribution in [2.45, 2.75) is 18.8 Å². The number of hydrogen-bond acceptors (Lipinski definition) is 2. The third-order valence-electron chi connectivity index (χ3n) is 4.23. The molecule has 106 valence electrons. The van der Waals surface area contributed by atoms with Crippen molar-refractivity contribution in [2.75, 3.05) is 13.1 Å². The Morgan fingerprint density at radius 1 is 1.35 bits per heavy atom. The minimum Gasteiger partial charge on any atom is -0.481 e. The second kappa shape index (κ2) is 5.09. The summed E-state index contributed by atoms with van der Waals surface area (Å²) in [4.78, 5) is 25.0. The first kappa shape index (κ1) is 13.4. The fourth-order valence-electron chi connectivity index (χ4n) is 2.97. The second-order valence-corrected chi connectivity index (χ2v) is 6.05. The Hall–Kier alpha value is -1.55. The summed E-state index contributed by atoms with van der Waals surface area (Å²) in [6.07, 6.45) is 1.41. The molecule has 5 heteroatoms. The van der Waals surface area contributed by atoms with Gasteiger partial charge in [-0.3, -0.25) is 9.59 Å². The van der Waals surface area contributed by atoms with E-state index in [9.17, 15) is 9.59 Å². The largest absolute Gasteiger partial charge is 0.481 e. The first-order chi connectivity index (χ1) is 9.56. The summed E-state index contributed by atoms with van der Waals surface area (Å²) in [5.74, 6) is -0.866. The zero-order valence-electron chi connectivity index (χ0n) is 11.0. The molecule has 3 rings (SSSR count). The van der Waals surface area contributed by atoms with E-state index < -0.39 is 11.9 Å². The molecule has 1 heterocycles. The molecule has 0 bridgehead atoms. The lowest BCUT2D eigenvalue weighted by atomic mass is 10.1. The van der Waals surface area contributed by atoms with Crippen molar-refractivity contribution in [3.63, 3.8) is 0 Å². The van der Waals surface area contributed by atoms with Gasteiger partial charge in [-0.15, -0.1) is 0 Å². The quantitative estimate of drug-likeness (QED) is 0.931. The van der Waals surface area contributed by atoms with E-state index in [1.165, 1.54) is 0 Å². The zero-order valence-corrected chi connectivity index (χ0v) is 11.7. The van der Waals surface area contributed by atoms with Gasteiger partial charge in [-0.2, -0.15) is 0 Å². The van der Waals surface area contributed by atoms with Crippen molar-refractivity contribution in [1.29, 1.82) is 0 Å². The third kappa shape index (κ3) is 2.52. The van der Waals surface area contributed by atoms with E-state index in [1.807, 2.05) is 24.3 Å². The van der Waals surface area contributed by atoms with E-state index in [0.29, 0.717) is 24.5 Å². The maximum atomic E-state index is 12.3. The summed E-state index contributed by atoms with van der Waals surface area (Å²) in [5, 5.41) is 9.66. The summed E-state index contributed by atoms with van der Waals surface area (Å²) >= 11 is 5.96. The highest BCUT2D eigenvalue weighted by Gasteiger charge is 2.47. The monoisotopic (exact) mass is 293 g/mol. The van der Waals surface area contributed by atoms with Crippen LogP contribution in [0, 0.1) is 11.8 Å². The van der Waals surface area contributed by atoms with Gasteiger partial charge in [-0.25, -0.2) is 0 Å². The van der Waals surface area contributed by atoms with Crippen molar-refractivity contribution in [1.82, 2.24) is 4.90 Å². The lowest BCUT2D eigenvalue weighted by molar-refractivity contribution is -0.141. The molecule has 1 aliphatic heterocycles. The number of carboxylic acids is 1. The molecule has 20 heavy (non-hydrogen) atoms. The minimum atomic E-state index is -0.803. The molecule has 0 spiro atoms. The molecular formula is C15H16ClNO3. The van der Waals surface area contributed by atoms with Crippen LogP contribution in [0.5, 0.6) is 0 Å². The molecule has 1 aliphatic carbocycles. The number of benzene rings is 1. The fourth-order valence-corrected chi connectivity index (χ4v) is 3.17. The molecule has 1 N–H and O–H groups in total. The van der Waals surface area contributed by atoms with Gasteiger partial charge in [0.25, 0.3) is 0 Å². The van der Waals surface area contributed by atoms with E-state index in [1.54, 1.807) is 4.90 Å². The zero-order chi connectivity index (χ0) is 14.3. The van der Waals surface area contributed by atoms with Crippen molar-refractivity contribution < 1.29 is 14.7 Å². The van der Waals surface area contributed by atoms with Crippen LogP contribution < -0.4 is 0 Å². The maximum absolute atomic E-state index is 12.3. The van der Waals surface area contributed by atoms with Gasteiger partial charge in [0.2, 0.25) is 5.91 Å². The molecule has 2 aliphatic rings. The summed E-state index contributed by atoms with van der Waals surface area (Å²) in [7, 11) is 0. The standard InChI is InChI=1S/C15H16ClNO3/c16-11-3-1-2-9(6-11)12-7-13(12)14(18)17-5-4-10(8-17)15(19)20/h1-3,6,10,12-13H,4-5,7-8H2,(H,19,20)/t10-,12+,13-/m1/s1. The van der Waals surface area contributed by atoms with E-state index >= 15 is 0 Å². The van der Waals surface area contributed by atoms with Crippen LogP contribution in [0.4, 0.5) is 0 Å². The SMILES string of the molecule is O=C(O)[C@@H]1CCN(C(=O)[C@@H]2C[C@H]2c2cccc(Cl)c2)C1. The smallest absolute Gasteiger partial charge is 0.308 e. The average molecular weight is 294 g/mol. The number of halogens is 1. The Bertz CT molecular complexity index is 560. The van der Waals surface area contributed by atoms with Crippen LogP contribution in [-0.4, -0.2) is 35.0 Å². The molecule has 1 saturated carbocycles. The Balaban J connectivity index is 1.62. The number of nitrogens with zero attached hydrogens (tertiary/aromatic N) is 1. The molecule has 1 aromatic carbocycles. The summed E-state index contributed by atoms with van der Waals surface area (Å²) in [6, 6.07) is 7.62. The van der Waals surface area contributed by atoms with Crippen molar-refractivity contribution >= 4 is 23.5 Å². The van der Waals surface area contributed by atoms with Gasteiger partial charge in [0, 0.05) is 24.0 Å². The van der Waals surface area contributed by atoms with Crippen LogP contribution in [0.2, 0.25) is 5.02 Å². The predicted molar refractivity (Wildman–Crippen MR) is 74.6 cm³/mol. The number of carboxylic acid groups (broad SMARTS) is 1. The number of carbonyl (C=O) groups excluding carboxylic acids is 1. The number of rotatable bonds is 3. The molecule has 1 saturated heterocycles. The topological polar surface area (TPSA) is 57.6 Å². The first-order valence-electron chi connectivity index (χ1n) is 6.83. The molecule has 2 fully saturated rings. The van der Waals surface area contributed by atoms with E-state index in [4.69, 9.17) is 16.7 Å². The van der Waals surface area contributed by atoms with Crippen LogP contribution in [0.1, 0.15) is 24.3 Å². The van der Waals surface area contributed by atoms with Crippen LogP contribution in [0.15, 0.2) is 24.3 Å². The Morgan fingerprint density at radius 3 is 2.80 bits per heavy atom. The van der Waals surface area contributed by atoms with Crippen molar-refractivity contribution in [3.8, 4) is 0 Å². The molecule has 0 aromatic heterocycles. The first-order valence-corrected chi connectivity index (χ1v) is 7.21. The third-order valence-corrected chi connectivity index (χ3v) is 4.47.